The van der Waals surface area contributed by atoms with Crippen molar-refractivity contribution in [2.24, 2.45) is 0 Å². The summed E-state index contributed by atoms with van der Waals surface area (Å²) in [6.07, 6.45) is -0.888. The Balaban J connectivity index is 2.78. The lowest BCUT2D eigenvalue weighted by Crippen LogP contribution is -2.40. The molecule has 0 bridgehead atoms. The number of carbonyl (C=O) groups excluding carboxylic acids is 1. The quantitative estimate of drug-likeness (QED) is 0.800. The molecule has 0 aromatic heterocycles. The van der Waals surface area contributed by atoms with Gasteiger partial charge < -0.3 is 14.5 Å². The van der Waals surface area contributed by atoms with Gasteiger partial charge in [0.15, 0.2) is 11.4 Å². The molecule has 0 heterocycles. The number of ketones is 1. The van der Waals surface area contributed by atoms with E-state index in [1.807, 2.05) is 0 Å². The molecule has 100 valence electrons. The summed E-state index contributed by atoms with van der Waals surface area (Å²) in [6, 6.07) is 5.00. The summed E-state index contributed by atoms with van der Waals surface area (Å²) >= 11 is 0. The molecule has 7 heteroatoms. The van der Waals surface area contributed by atoms with Gasteiger partial charge in [0.1, 0.15) is 17.7 Å². The van der Waals surface area contributed by atoms with Gasteiger partial charge in [-0.25, -0.2) is 4.39 Å². The zero-order valence-corrected chi connectivity index (χ0v) is 10.9. The molecule has 0 saturated carbocycles. The van der Waals surface area contributed by atoms with E-state index in [4.69, 9.17) is 14.5 Å². The first-order valence-corrected chi connectivity index (χ1v) is 6.92. The Kier molecular flexibility index (Phi) is 4.27. The fourth-order valence-electron chi connectivity index (χ4n) is 1.23. The largest absolute Gasteiger partial charge is 0.480 e. The van der Waals surface area contributed by atoms with Crippen molar-refractivity contribution in [1.82, 2.24) is 0 Å². The maximum atomic E-state index is 12.7. The third-order valence-electron chi connectivity index (χ3n) is 2.21. The Morgan fingerprint density at radius 3 is 2.28 bits per heavy atom. The number of hydrogen-bond donors (Lipinski definition) is 2. The average molecular weight is 276 g/mol. The lowest BCUT2D eigenvalue weighted by molar-refractivity contribution is -0.129. The van der Waals surface area contributed by atoms with E-state index in [1.54, 1.807) is 0 Å². The van der Waals surface area contributed by atoms with Crippen LogP contribution in [0.1, 0.15) is 13.8 Å². The molecule has 1 aromatic rings. The highest BCUT2D eigenvalue weighted by Crippen LogP contribution is 2.36. The SMILES string of the molecule is CC(C)(Oc1ccc(F)cc1)C(=O)CP(=O)(O)O. The van der Waals surface area contributed by atoms with Gasteiger partial charge in [-0.05, 0) is 38.1 Å². The number of rotatable bonds is 5. The molecule has 0 spiro atoms. The van der Waals surface area contributed by atoms with Crippen molar-refractivity contribution < 1.29 is 28.3 Å². The highest BCUT2D eigenvalue weighted by molar-refractivity contribution is 7.52. The molecule has 18 heavy (non-hydrogen) atoms. The zero-order chi connectivity index (χ0) is 14.0. The van der Waals surface area contributed by atoms with E-state index in [9.17, 15) is 13.8 Å². The highest BCUT2D eigenvalue weighted by atomic mass is 31.2. The van der Waals surface area contributed by atoms with Crippen LogP contribution in [0.15, 0.2) is 24.3 Å². The van der Waals surface area contributed by atoms with Crippen molar-refractivity contribution >= 4 is 13.4 Å². The van der Waals surface area contributed by atoms with E-state index in [2.05, 4.69) is 0 Å². The summed E-state index contributed by atoms with van der Waals surface area (Å²) in [5, 5.41) is 0. The van der Waals surface area contributed by atoms with Gasteiger partial charge in [0.05, 0.1) is 0 Å². The lowest BCUT2D eigenvalue weighted by Gasteiger charge is -2.25. The molecule has 0 saturated heterocycles. The summed E-state index contributed by atoms with van der Waals surface area (Å²) in [4.78, 5) is 29.1. The maximum absolute atomic E-state index is 12.7. The number of halogens is 1. The standard InChI is InChI=1S/C11H14FO5P/c1-11(2,10(13)7-18(14,15)16)17-9-5-3-8(12)4-6-9/h3-6H,7H2,1-2H3,(H2,14,15,16). The number of Topliss-reactive ketones (excluding diaryl/α,β-unsaturated/α-hetero) is 1. The summed E-state index contributed by atoms with van der Waals surface area (Å²) < 4.78 is 28.7. The molecule has 0 radical (unpaired) electrons. The third-order valence-corrected chi connectivity index (χ3v) is 2.91. The first kappa shape index (κ1) is 14.8. The highest BCUT2D eigenvalue weighted by Gasteiger charge is 2.34. The van der Waals surface area contributed by atoms with Crippen molar-refractivity contribution in [1.29, 1.82) is 0 Å². The monoisotopic (exact) mass is 276 g/mol. The number of ether oxygens (including phenoxy) is 1. The molecule has 0 aliphatic heterocycles. The van der Waals surface area contributed by atoms with Crippen LogP contribution >= 0.6 is 7.60 Å². The van der Waals surface area contributed by atoms with Crippen molar-refractivity contribution in [3.63, 3.8) is 0 Å². The minimum Gasteiger partial charge on any atom is -0.480 e. The van der Waals surface area contributed by atoms with E-state index in [0.717, 1.165) is 0 Å². The molecule has 0 aliphatic carbocycles. The van der Waals surface area contributed by atoms with Crippen LogP contribution in [0, 0.1) is 5.82 Å². The summed E-state index contributed by atoms with van der Waals surface area (Å²) in [5.41, 5.74) is -1.39. The topological polar surface area (TPSA) is 83.8 Å². The van der Waals surface area contributed by atoms with Crippen LogP contribution in [0.25, 0.3) is 0 Å². The summed E-state index contributed by atoms with van der Waals surface area (Å²) in [6.45, 7) is 2.79. The molecule has 0 fully saturated rings. The second kappa shape index (κ2) is 5.18. The molecule has 0 amide bonds. The Labute approximate surface area is 104 Å². The van der Waals surface area contributed by atoms with E-state index < -0.39 is 31.0 Å². The summed E-state index contributed by atoms with van der Waals surface area (Å²) in [7, 11) is -4.42. The van der Waals surface area contributed by atoms with Crippen LogP contribution in [0.5, 0.6) is 5.75 Å². The van der Waals surface area contributed by atoms with Crippen molar-refractivity contribution in [3.05, 3.63) is 30.1 Å². The third kappa shape index (κ3) is 4.56. The zero-order valence-electron chi connectivity index (χ0n) is 9.96. The smallest absolute Gasteiger partial charge is 0.333 e. The van der Waals surface area contributed by atoms with E-state index >= 15 is 0 Å². The molecule has 0 aliphatic rings. The van der Waals surface area contributed by atoms with Crippen LogP contribution in [0.4, 0.5) is 4.39 Å². The van der Waals surface area contributed by atoms with E-state index in [-0.39, 0.29) is 5.75 Å². The fraction of sp³-hybridized carbons (Fsp3) is 0.364. The number of benzene rings is 1. The first-order valence-electron chi connectivity index (χ1n) is 5.13. The first-order chi connectivity index (χ1) is 8.10. The predicted molar refractivity (Wildman–Crippen MR) is 63.0 cm³/mol. The average Bonchev–Trinajstić information content (AvgIpc) is 2.18. The number of carbonyl (C=O) groups is 1. The lowest BCUT2D eigenvalue weighted by atomic mass is 10.1. The van der Waals surface area contributed by atoms with Crippen LogP contribution in [0.3, 0.4) is 0 Å². The van der Waals surface area contributed by atoms with Gasteiger partial charge >= 0.3 is 7.60 Å². The number of hydrogen-bond acceptors (Lipinski definition) is 3. The maximum Gasteiger partial charge on any atom is 0.333 e. The van der Waals surface area contributed by atoms with Crippen LogP contribution in [0.2, 0.25) is 0 Å². The molecular formula is C11H14FO5P. The van der Waals surface area contributed by atoms with Crippen LogP contribution < -0.4 is 4.74 Å². The van der Waals surface area contributed by atoms with Crippen LogP contribution in [-0.2, 0) is 9.36 Å². The van der Waals surface area contributed by atoms with Crippen molar-refractivity contribution in [2.75, 3.05) is 6.16 Å². The van der Waals surface area contributed by atoms with Gasteiger partial charge in [-0.2, -0.15) is 0 Å². The Bertz CT molecular complexity index is 477. The predicted octanol–water partition coefficient (Wildman–Crippen LogP) is 1.73. The molecule has 0 atom stereocenters. The molecule has 0 unspecified atom stereocenters. The van der Waals surface area contributed by atoms with Gasteiger partial charge in [-0.15, -0.1) is 0 Å². The second-order valence-corrected chi connectivity index (χ2v) is 5.96. The second-order valence-electron chi connectivity index (χ2n) is 4.31. The fourth-order valence-corrected chi connectivity index (χ4v) is 1.99. The van der Waals surface area contributed by atoms with Crippen LogP contribution in [-0.4, -0.2) is 27.3 Å². The normalized spacial score (nSPS) is 12.3. The van der Waals surface area contributed by atoms with Gasteiger partial charge in [-0.3, -0.25) is 9.36 Å². The molecule has 1 rings (SSSR count). The Hall–Kier alpha value is -1.23. The van der Waals surface area contributed by atoms with E-state index in [0.29, 0.717) is 0 Å². The van der Waals surface area contributed by atoms with Crippen molar-refractivity contribution in [2.45, 2.75) is 19.4 Å². The van der Waals surface area contributed by atoms with E-state index in [1.165, 1.54) is 38.1 Å². The van der Waals surface area contributed by atoms with Gasteiger partial charge in [0.2, 0.25) is 0 Å². The van der Waals surface area contributed by atoms with Gasteiger partial charge in [0, 0.05) is 0 Å². The molecule has 1 aromatic carbocycles. The molecule has 2 N–H and O–H groups in total. The minimum atomic E-state index is -4.42. The van der Waals surface area contributed by atoms with Gasteiger partial charge in [-0.1, -0.05) is 0 Å². The molecular weight excluding hydrogens is 262 g/mol. The van der Waals surface area contributed by atoms with Crippen molar-refractivity contribution in [3.8, 4) is 5.75 Å². The van der Waals surface area contributed by atoms with Gasteiger partial charge in [0.25, 0.3) is 0 Å². The Morgan fingerprint density at radius 1 is 1.33 bits per heavy atom. The molecule has 5 nitrogen and oxygen atoms in total. The minimum absolute atomic E-state index is 0.250. The Morgan fingerprint density at radius 2 is 1.83 bits per heavy atom. The summed E-state index contributed by atoms with van der Waals surface area (Å²) in [5.74, 6) is -0.915.